The second kappa shape index (κ2) is 4.59. The highest BCUT2D eigenvalue weighted by Gasteiger charge is 2.62. The maximum Gasteiger partial charge on any atom is 0.219 e. The second-order valence-corrected chi connectivity index (χ2v) is 7.86. The van der Waals surface area contributed by atoms with Gasteiger partial charge in [0.25, 0.3) is 0 Å². The van der Waals surface area contributed by atoms with Gasteiger partial charge in [0, 0.05) is 17.4 Å². The van der Waals surface area contributed by atoms with Crippen molar-refractivity contribution in [3.63, 3.8) is 0 Å². The van der Waals surface area contributed by atoms with Crippen LogP contribution in [-0.2, 0) is 0 Å². The number of nitrogens with two attached hydrogens (primary N) is 1. The minimum Gasteiger partial charge on any atom is -0.474 e. The molecule has 21 heavy (non-hydrogen) atoms. The third-order valence-electron chi connectivity index (χ3n) is 6.23. The molecule has 2 aliphatic rings. The van der Waals surface area contributed by atoms with Gasteiger partial charge in [-0.3, -0.25) is 0 Å². The molecule has 2 aliphatic carbocycles. The van der Waals surface area contributed by atoms with Gasteiger partial charge < -0.3 is 10.5 Å². The van der Waals surface area contributed by atoms with Crippen LogP contribution in [0.5, 0.6) is 5.88 Å². The van der Waals surface area contributed by atoms with Crippen LogP contribution in [0.15, 0.2) is 6.07 Å². The molecule has 2 N–H and O–H groups in total. The first-order valence-corrected chi connectivity index (χ1v) is 8.05. The lowest BCUT2D eigenvalue weighted by Crippen LogP contribution is -2.39. The van der Waals surface area contributed by atoms with Crippen molar-refractivity contribution in [2.24, 2.45) is 16.7 Å². The summed E-state index contributed by atoms with van der Waals surface area (Å²) in [5.41, 5.74) is 6.48. The molecule has 0 saturated heterocycles. The van der Waals surface area contributed by atoms with Gasteiger partial charge >= 0.3 is 0 Å². The fourth-order valence-corrected chi connectivity index (χ4v) is 4.23. The third kappa shape index (κ3) is 2.11. The third-order valence-corrected chi connectivity index (χ3v) is 6.23. The molecule has 2 saturated carbocycles. The molecule has 0 amide bonds. The summed E-state index contributed by atoms with van der Waals surface area (Å²) in [5.74, 6) is 2.91. The molecule has 1 aromatic heterocycles. The van der Waals surface area contributed by atoms with Crippen molar-refractivity contribution in [2.45, 2.75) is 65.9 Å². The van der Waals surface area contributed by atoms with E-state index in [2.05, 4.69) is 44.6 Å². The topological polar surface area (TPSA) is 61.0 Å². The molecule has 1 aromatic rings. The van der Waals surface area contributed by atoms with Crippen molar-refractivity contribution < 1.29 is 4.74 Å². The van der Waals surface area contributed by atoms with Crippen LogP contribution < -0.4 is 10.5 Å². The van der Waals surface area contributed by atoms with Crippen LogP contribution in [0.1, 0.15) is 65.6 Å². The van der Waals surface area contributed by atoms with E-state index in [9.17, 15) is 0 Å². The molecule has 1 heterocycles. The average Bonchev–Trinajstić information content (AvgIpc) is 2.71. The summed E-state index contributed by atoms with van der Waals surface area (Å²) in [4.78, 5) is 8.83. The van der Waals surface area contributed by atoms with E-state index in [0.717, 1.165) is 18.2 Å². The second-order valence-electron chi connectivity index (χ2n) is 7.86. The first-order chi connectivity index (χ1) is 9.74. The maximum atomic E-state index is 6.29. The van der Waals surface area contributed by atoms with Crippen LogP contribution in [0.3, 0.4) is 0 Å². The number of anilines is 1. The molecular weight excluding hydrogens is 262 g/mol. The Morgan fingerprint density at radius 3 is 2.52 bits per heavy atom. The van der Waals surface area contributed by atoms with E-state index in [-0.39, 0.29) is 17.4 Å². The van der Waals surface area contributed by atoms with Crippen LogP contribution in [0, 0.1) is 16.7 Å². The largest absolute Gasteiger partial charge is 0.474 e. The zero-order valence-corrected chi connectivity index (χ0v) is 13.8. The predicted molar refractivity (Wildman–Crippen MR) is 84.2 cm³/mol. The van der Waals surface area contributed by atoms with Crippen molar-refractivity contribution in [2.75, 3.05) is 5.73 Å². The monoisotopic (exact) mass is 289 g/mol. The van der Waals surface area contributed by atoms with E-state index >= 15 is 0 Å². The van der Waals surface area contributed by atoms with Crippen molar-refractivity contribution in [1.29, 1.82) is 0 Å². The Balaban J connectivity index is 1.86. The number of hydrogen-bond acceptors (Lipinski definition) is 4. The normalized spacial score (nSPS) is 33.6. The SMILES string of the molecule is CC(C)c1nc(N)cc(OC2CC3CCC2(C)C3(C)C)n1. The quantitative estimate of drug-likeness (QED) is 0.920. The lowest BCUT2D eigenvalue weighted by atomic mass is 9.70. The Labute approximate surface area is 127 Å². The number of aromatic nitrogens is 2. The average molecular weight is 289 g/mol. The van der Waals surface area contributed by atoms with Gasteiger partial charge in [0.15, 0.2) is 0 Å². The van der Waals surface area contributed by atoms with E-state index in [0.29, 0.717) is 17.1 Å². The standard InChI is InChI=1S/C17H27N3O/c1-10(2)15-19-13(18)9-14(20-15)21-12-8-11-6-7-17(12,5)16(11,3)4/h9-12H,6-8H2,1-5H3,(H2,18,19,20). The number of nitrogen functional groups attached to an aromatic ring is 1. The predicted octanol–water partition coefficient (Wildman–Crippen LogP) is 3.78. The van der Waals surface area contributed by atoms with Crippen LogP contribution in [0.2, 0.25) is 0 Å². The number of rotatable bonds is 3. The number of ether oxygens (including phenoxy) is 1. The highest BCUT2D eigenvalue weighted by atomic mass is 16.5. The highest BCUT2D eigenvalue weighted by molar-refractivity contribution is 5.33. The summed E-state index contributed by atoms with van der Waals surface area (Å²) in [6, 6.07) is 1.76. The van der Waals surface area contributed by atoms with Crippen molar-refractivity contribution in [3.05, 3.63) is 11.9 Å². The highest BCUT2D eigenvalue weighted by Crippen LogP contribution is 2.66. The summed E-state index contributed by atoms with van der Waals surface area (Å²) in [6.07, 6.45) is 3.93. The fourth-order valence-electron chi connectivity index (χ4n) is 4.23. The molecule has 0 aromatic carbocycles. The minimum atomic E-state index is 0.232. The molecule has 0 aliphatic heterocycles. The molecule has 3 atom stereocenters. The van der Waals surface area contributed by atoms with E-state index in [1.165, 1.54) is 12.8 Å². The zero-order valence-electron chi connectivity index (χ0n) is 13.8. The van der Waals surface area contributed by atoms with Crippen molar-refractivity contribution in [3.8, 4) is 5.88 Å². The smallest absolute Gasteiger partial charge is 0.219 e. The molecule has 4 nitrogen and oxygen atoms in total. The Morgan fingerprint density at radius 2 is 2.00 bits per heavy atom. The molecule has 3 rings (SSSR count). The van der Waals surface area contributed by atoms with Crippen LogP contribution in [0.4, 0.5) is 5.82 Å². The number of hydrogen-bond donors (Lipinski definition) is 1. The summed E-state index contributed by atoms with van der Waals surface area (Å²) in [6.45, 7) is 11.3. The zero-order chi connectivity index (χ0) is 15.4. The van der Waals surface area contributed by atoms with Crippen LogP contribution >= 0.6 is 0 Å². The summed E-state index contributed by atoms with van der Waals surface area (Å²) < 4.78 is 6.29. The first-order valence-electron chi connectivity index (χ1n) is 8.05. The van der Waals surface area contributed by atoms with Gasteiger partial charge in [-0.15, -0.1) is 0 Å². The van der Waals surface area contributed by atoms with Gasteiger partial charge in [0.2, 0.25) is 5.88 Å². The Bertz CT molecular complexity index is 555. The van der Waals surface area contributed by atoms with E-state index in [4.69, 9.17) is 10.5 Å². The first kappa shape index (κ1) is 14.6. The molecule has 0 radical (unpaired) electrons. The van der Waals surface area contributed by atoms with Crippen molar-refractivity contribution >= 4 is 5.82 Å². The summed E-state index contributed by atoms with van der Waals surface area (Å²) >= 11 is 0. The van der Waals surface area contributed by atoms with Crippen molar-refractivity contribution in [1.82, 2.24) is 9.97 Å². The van der Waals surface area contributed by atoms with Gasteiger partial charge in [0.1, 0.15) is 17.7 Å². The van der Waals surface area contributed by atoms with Crippen LogP contribution in [-0.4, -0.2) is 16.1 Å². The number of nitrogens with zero attached hydrogens (tertiary/aromatic N) is 2. The Hall–Kier alpha value is -1.32. The Morgan fingerprint density at radius 1 is 1.29 bits per heavy atom. The summed E-state index contributed by atoms with van der Waals surface area (Å²) in [5, 5.41) is 0. The summed E-state index contributed by atoms with van der Waals surface area (Å²) in [7, 11) is 0. The minimum absolute atomic E-state index is 0.232. The molecule has 116 valence electrons. The molecule has 2 bridgehead atoms. The molecule has 4 heteroatoms. The molecule has 2 fully saturated rings. The maximum absolute atomic E-state index is 6.29. The van der Waals surface area contributed by atoms with E-state index < -0.39 is 0 Å². The van der Waals surface area contributed by atoms with Gasteiger partial charge in [0.05, 0.1) is 0 Å². The van der Waals surface area contributed by atoms with Gasteiger partial charge in [-0.1, -0.05) is 34.6 Å². The molecular formula is C17H27N3O. The fraction of sp³-hybridized carbons (Fsp3) is 0.765. The van der Waals surface area contributed by atoms with Crippen LogP contribution in [0.25, 0.3) is 0 Å². The lowest BCUT2D eigenvalue weighted by molar-refractivity contribution is 0.0271. The Kier molecular flexibility index (Phi) is 3.19. The lowest BCUT2D eigenvalue weighted by Gasteiger charge is -2.38. The van der Waals surface area contributed by atoms with Gasteiger partial charge in [-0.05, 0) is 30.6 Å². The van der Waals surface area contributed by atoms with E-state index in [1.807, 2.05) is 0 Å². The van der Waals surface area contributed by atoms with Gasteiger partial charge in [-0.25, -0.2) is 4.98 Å². The molecule has 0 spiro atoms. The molecule has 3 unspecified atom stereocenters. The van der Waals surface area contributed by atoms with E-state index in [1.54, 1.807) is 6.07 Å². The van der Waals surface area contributed by atoms with Gasteiger partial charge in [-0.2, -0.15) is 4.98 Å². The number of fused-ring (bicyclic) bond motifs is 2.